The molecule has 160 valence electrons. The summed E-state index contributed by atoms with van der Waals surface area (Å²) < 4.78 is 5.10. The van der Waals surface area contributed by atoms with Crippen LogP contribution in [0.3, 0.4) is 0 Å². The maximum absolute atomic E-state index is 12.5. The molecular weight excluding hydrogens is 398 g/mol. The minimum absolute atomic E-state index is 0.0718. The number of carbonyl (C=O) groups is 3. The first-order valence-electron chi connectivity index (χ1n) is 9.65. The van der Waals surface area contributed by atoms with Crippen molar-refractivity contribution in [1.82, 2.24) is 9.88 Å². The van der Waals surface area contributed by atoms with Crippen molar-refractivity contribution in [2.24, 2.45) is 0 Å². The number of aryl methyl sites for hydroxylation is 2. The number of benzene rings is 2. The number of amides is 2. The number of carbonyl (C=O) groups excluding carboxylic acids is 3. The van der Waals surface area contributed by atoms with Gasteiger partial charge in [0.25, 0.3) is 5.91 Å². The average Bonchev–Trinajstić information content (AvgIpc) is 2.73. The molecule has 0 radical (unpaired) electrons. The standard InChI is InChI=1S/C23H23N3O5/c1-14-7-6-8-15(2)22(14)25-20(28)12-26(3)21(29)13-31-23(30)17-11-19(27)24-18-10-5-4-9-16(17)18/h4-11H,12-13H2,1-3H3,(H,24,27)(H,25,28). The summed E-state index contributed by atoms with van der Waals surface area (Å²) in [7, 11) is 1.45. The topological polar surface area (TPSA) is 109 Å². The van der Waals surface area contributed by atoms with Gasteiger partial charge in [0.15, 0.2) is 6.61 Å². The minimum atomic E-state index is -0.788. The predicted octanol–water partition coefficient (Wildman–Crippen LogP) is 2.40. The van der Waals surface area contributed by atoms with Crippen molar-refractivity contribution >= 4 is 34.4 Å². The number of nitrogens with zero attached hydrogens (tertiary/aromatic N) is 1. The molecule has 31 heavy (non-hydrogen) atoms. The molecule has 0 aliphatic heterocycles. The number of hydrogen-bond donors (Lipinski definition) is 2. The fraction of sp³-hybridized carbons (Fsp3) is 0.217. The van der Waals surface area contributed by atoms with Crippen LogP contribution in [0, 0.1) is 13.8 Å². The van der Waals surface area contributed by atoms with E-state index in [1.54, 1.807) is 24.3 Å². The quantitative estimate of drug-likeness (QED) is 0.594. The summed E-state index contributed by atoms with van der Waals surface area (Å²) in [5.41, 5.74) is 2.66. The Hall–Kier alpha value is -3.94. The van der Waals surface area contributed by atoms with Crippen LogP contribution in [0.4, 0.5) is 5.69 Å². The normalized spacial score (nSPS) is 10.5. The first-order chi connectivity index (χ1) is 14.8. The van der Waals surface area contributed by atoms with E-state index >= 15 is 0 Å². The third-order valence-electron chi connectivity index (χ3n) is 4.85. The number of anilines is 1. The Morgan fingerprint density at radius 2 is 1.71 bits per heavy atom. The molecule has 1 heterocycles. The third kappa shape index (κ3) is 5.16. The zero-order chi connectivity index (χ0) is 22.5. The molecule has 0 unspecified atom stereocenters. The van der Waals surface area contributed by atoms with Crippen LogP contribution in [0.25, 0.3) is 10.9 Å². The summed E-state index contributed by atoms with van der Waals surface area (Å²) in [5.74, 6) is -1.69. The van der Waals surface area contributed by atoms with E-state index in [1.807, 2.05) is 32.0 Å². The van der Waals surface area contributed by atoms with Gasteiger partial charge in [-0.3, -0.25) is 14.4 Å². The molecular formula is C23H23N3O5. The maximum atomic E-state index is 12.5. The second-order valence-corrected chi connectivity index (χ2v) is 7.23. The highest BCUT2D eigenvalue weighted by Gasteiger charge is 2.18. The van der Waals surface area contributed by atoms with Crippen molar-refractivity contribution in [3.8, 4) is 0 Å². The van der Waals surface area contributed by atoms with E-state index in [0.29, 0.717) is 16.6 Å². The Balaban J connectivity index is 1.60. The summed E-state index contributed by atoms with van der Waals surface area (Å²) in [6, 6.07) is 13.6. The van der Waals surface area contributed by atoms with Gasteiger partial charge in [0.05, 0.1) is 12.1 Å². The molecule has 3 rings (SSSR count). The van der Waals surface area contributed by atoms with Crippen LogP contribution in [0.15, 0.2) is 53.3 Å². The van der Waals surface area contributed by atoms with Gasteiger partial charge in [-0.1, -0.05) is 36.4 Å². The van der Waals surface area contributed by atoms with Gasteiger partial charge in [-0.05, 0) is 31.0 Å². The molecule has 0 aliphatic carbocycles. The number of hydrogen-bond acceptors (Lipinski definition) is 5. The van der Waals surface area contributed by atoms with Crippen LogP contribution < -0.4 is 10.9 Å². The Kier molecular flexibility index (Phi) is 6.49. The number of aromatic nitrogens is 1. The summed E-state index contributed by atoms with van der Waals surface area (Å²) in [6.07, 6.45) is 0. The lowest BCUT2D eigenvalue weighted by Gasteiger charge is -2.18. The van der Waals surface area contributed by atoms with Crippen molar-refractivity contribution in [3.05, 3.63) is 75.6 Å². The number of H-pyrrole nitrogens is 1. The smallest absolute Gasteiger partial charge is 0.339 e. The first-order valence-corrected chi connectivity index (χ1v) is 9.65. The van der Waals surface area contributed by atoms with Crippen LogP contribution in [0.2, 0.25) is 0 Å². The largest absolute Gasteiger partial charge is 0.452 e. The van der Waals surface area contributed by atoms with Crippen molar-refractivity contribution in [1.29, 1.82) is 0 Å². The number of rotatable bonds is 6. The molecule has 2 N–H and O–H groups in total. The molecule has 1 aromatic heterocycles. The summed E-state index contributed by atoms with van der Waals surface area (Å²) in [5, 5.41) is 3.32. The van der Waals surface area contributed by atoms with Crippen LogP contribution in [-0.4, -0.2) is 47.9 Å². The monoisotopic (exact) mass is 421 g/mol. The van der Waals surface area contributed by atoms with Gasteiger partial charge in [-0.25, -0.2) is 4.79 Å². The highest BCUT2D eigenvalue weighted by atomic mass is 16.5. The Labute approximate surface area is 178 Å². The zero-order valence-electron chi connectivity index (χ0n) is 17.5. The number of nitrogens with one attached hydrogen (secondary N) is 2. The van der Waals surface area contributed by atoms with E-state index in [1.165, 1.54) is 11.9 Å². The van der Waals surface area contributed by atoms with Crippen LogP contribution >= 0.6 is 0 Å². The fourth-order valence-electron chi connectivity index (χ4n) is 3.18. The highest BCUT2D eigenvalue weighted by molar-refractivity contribution is 6.03. The number of likely N-dealkylation sites (N-methyl/N-ethyl adjacent to an activating group) is 1. The summed E-state index contributed by atoms with van der Waals surface area (Å²) >= 11 is 0. The predicted molar refractivity (Wildman–Crippen MR) is 117 cm³/mol. The number of aromatic amines is 1. The molecule has 0 saturated carbocycles. The Morgan fingerprint density at radius 1 is 1.03 bits per heavy atom. The van der Waals surface area contributed by atoms with E-state index in [4.69, 9.17) is 4.74 Å². The second kappa shape index (κ2) is 9.25. The number of esters is 1. The zero-order valence-corrected chi connectivity index (χ0v) is 17.5. The number of fused-ring (bicyclic) bond motifs is 1. The first kappa shape index (κ1) is 21.8. The fourth-order valence-corrected chi connectivity index (χ4v) is 3.18. The van der Waals surface area contributed by atoms with Crippen LogP contribution in [-0.2, 0) is 14.3 Å². The average molecular weight is 421 g/mol. The molecule has 0 atom stereocenters. The SMILES string of the molecule is Cc1cccc(C)c1NC(=O)CN(C)C(=O)COC(=O)c1cc(=O)[nH]c2ccccc12. The van der Waals surface area contributed by atoms with Gasteiger partial charge < -0.3 is 19.9 Å². The van der Waals surface area contributed by atoms with E-state index < -0.39 is 24.0 Å². The van der Waals surface area contributed by atoms with E-state index in [9.17, 15) is 19.2 Å². The van der Waals surface area contributed by atoms with Gasteiger partial charge in [0.2, 0.25) is 11.5 Å². The number of para-hydroxylation sites is 2. The molecule has 0 spiro atoms. The van der Waals surface area contributed by atoms with Gasteiger partial charge in [0.1, 0.15) is 0 Å². The summed E-state index contributed by atoms with van der Waals surface area (Å²) in [4.78, 5) is 52.7. The van der Waals surface area contributed by atoms with Gasteiger partial charge in [0, 0.05) is 29.7 Å². The van der Waals surface area contributed by atoms with Crippen molar-refractivity contribution < 1.29 is 19.1 Å². The van der Waals surface area contributed by atoms with Crippen LogP contribution in [0.5, 0.6) is 0 Å². The van der Waals surface area contributed by atoms with E-state index in [-0.39, 0.29) is 18.0 Å². The molecule has 0 aliphatic rings. The molecule has 8 nitrogen and oxygen atoms in total. The summed E-state index contributed by atoms with van der Waals surface area (Å²) in [6.45, 7) is 3.02. The molecule has 3 aromatic rings. The van der Waals surface area contributed by atoms with Gasteiger partial charge in [-0.15, -0.1) is 0 Å². The molecule has 8 heteroatoms. The van der Waals surface area contributed by atoms with E-state index in [2.05, 4.69) is 10.3 Å². The second-order valence-electron chi connectivity index (χ2n) is 7.23. The molecule has 2 amide bonds. The Morgan fingerprint density at radius 3 is 2.42 bits per heavy atom. The van der Waals surface area contributed by atoms with Crippen molar-refractivity contribution in [2.75, 3.05) is 25.5 Å². The lowest BCUT2D eigenvalue weighted by Crippen LogP contribution is -2.37. The highest BCUT2D eigenvalue weighted by Crippen LogP contribution is 2.19. The molecule has 0 saturated heterocycles. The lowest BCUT2D eigenvalue weighted by atomic mass is 10.1. The minimum Gasteiger partial charge on any atom is -0.452 e. The number of ether oxygens (including phenoxy) is 1. The lowest BCUT2D eigenvalue weighted by molar-refractivity contribution is -0.136. The Bertz CT molecular complexity index is 1200. The van der Waals surface area contributed by atoms with Gasteiger partial charge >= 0.3 is 5.97 Å². The van der Waals surface area contributed by atoms with Crippen LogP contribution in [0.1, 0.15) is 21.5 Å². The van der Waals surface area contributed by atoms with E-state index in [0.717, 1.165) is 17.2 Å². The van der Waals surface area contributed by atoms with Crippen molar-refractivity contribution in [3.63, 3.8) is 0 Å². The molecule has 2 aromatic carbocycles. The maximum Gasteiger partial charge on any atom is 0.339 e. The molecule has 0 bridgehead atoms. The van der Waals surface area contributed by atoms with Crippen molar-refractivity contribution in [2.45, 2.75) is 13.8 Å². The number of pyridine rings is 1. The third-order valence-corrected chi connectivity index (χ3v) is 4.85. The van der Waals surface area contributed by atoms with Gasteiger partial charge in [-0.2, -0.15) is 0 Å². The molecule has 0 fully saturated rings.